The zero-order valence-electron chi connectivity index (χ0n) is 15.4. The van der Waals surface area contributed by atoms with Crippen LogP contribution in [-0.4, -0.2) is 16.9 Å². The first-order chi connectivity index (χ1) is 10.6. The highest BCUT2D eigenvalue weighted by Gasteiger charge is 2.32. The summed E-state index contributed by atoms with van der Waals surface area (Å²) in [5.41, 5.74) is 8.57. The second kappa shape index (κ2) is 5.84. The van der Waals surface area contributed by atoms with Crippen LogP contribution < -0.4 is 0 Å². The molecule has 0 radical (unpaired) electrons. The summed E-state index contributed by atoms with van der Waals surface area (Å²) in [6.45, 7) is 14.1. The maximum absolute atomic E-state index is 11.8. The van der Waals surface area contributed by atoms with Gasteiger partial charge >= 0.3 is 0 Å². The third-order valence-electron chi connectivity index (χ3n) is 5.67. The maximum atomic E-state index is 11.8. The molecular weight excluding hydrogens is 288 g/mol. The minimum absolute atomic E-state index is 0.0374. The van der Waals surface area contributed by atoms with E-state index in [1.807, 2.05) is 27.8 Å². The van der Waals surface area contributed by atoms with Gasteiger partial charge in [-0.15, -0.1) is 0 Å². The summed E-state index contributed by atoms with van der Waals surface area (Å²) in [7, 11) is 2.04. The van der Waals surface area contributed by atoms with Crippen molar-refractivity contribution in [2.24, 2.45) is 0 Å². The number of rotatable bonds is 2. The van der Waals surface area contributed by atoms with Crippen molar-refractivity contribution >= 4 is 5.69 Å². The summed E-state index contributed by atoms with van der Waals surface area (Å²) in [6, 6.07) is 0. The number of hydrogen-bond acceptors (Lipinski definition) is 3. The monoisotopic (exact) mass is 314 g/mol. The molecule has 0 aliphatic carbocycles. The van der Waals surface area contributed by atoms with Gasteiger partial charge in [0, 0.05) is 35.5 Å². The van der Waals surface area contributed by atoms with Crippen LogP contribution in [0.15, 0.2) is 23.0 Å². The molecule has 0 saturated heterocycles. The molecule has 1 aromatic carbocycles. The smallest absolute Gasteiger partial charge is 0.276 e. The van der Waals surface area contributed by atoms with Crippen molar-refractivity contribution in [1.82, 2.24) is 4.90 Å². The average molecular weight is 314 g/mol. The van der Waals surface area contributed by atoms with Gasteiger partial charge in [-0.2, -0.15) is 0 Å². The van der Waals surface area contributed by atoms with Gasteiger partial charge in [0.05, 0.1) is 4.92 Å². The molecule has 4 heteroatoms. The molecule has 1 aliphatic rings. The molecule has 0 N–H and O–H groups in total. The van der Waals surface area contributed by atoms with Crippen LogP contribution in [0, 0.1) is 37.8 Å². The number of nitro benzene ring substituents is 1. The maximum Gasteiger partial charge on any atom is 0.276 e. The fraction of sp³-hybridized carbons (Fsp3) is 0.474. The number of allylic oxidation sites excluding steroid dienone is 4. The highest BCUT2D eigenvalue weighted by molar-refractivity contribution is 5.62. The number of benzene rings is 1. The zero-order valence-corrected chi connectivity index (χ0v) is 15.4. The predicted molar refractivity (Wildman–Crippen MR) is 94.7 cm³/mol. The third kappa shape index (κ3) is 2.56. The number of nitrogens with zero attached hydrogens (tertiary/aromatic N) is 2. The predicted octanol–water partition coefficient (Wildman–Crippen LogP) is 5.06. The number of hydrogen-bond donors (Lipinski definition) is 0. The Kier molecular flexibility index (Phi) is 4.38. The summed E-state index contributed by atoms with van der Waals surface area (Å²) >= 11 is 0. The Balaban J connectivity index is 2.86. The number of nitro groups is 1. The lowest BCUT2D eigenvalue weighted by molar-refractivity contribution is -0.386. The lowest BCUT2D eigenvalue weighted by Crippen LogP contribution is -2.23. The molecule has 0 aromatic heterocycles. The molecule has 0 bridgehead atoms. The van der Waals surface area contributed by atoms with Gasteiger partial charge in [-0.25, -0.2) is 0 Å². The van der Waals surface area contributed by atoms with Crippen LogP contribution in [0.4, 0.5) is 5.69 Å². The van der Waals surface area contributed by atoms with Gasteiger partial charge in [0.2, 0.25) is 0 Å². The van der Waals surface area contributed by atoms with E-state index in [4.69, 9.17) is 0 Å². The molecule has 4 nitrogen and oxygen atoms in total. The van der Waals surface area contributed by atoms with Crippen LogP contribution in [0.1, 0.15) is 54.5 Å². The normalized spacial score (nSPS) is 18.3. The van der Waals surface area contributed by atoms with Gasteiger partial charge in [-0.1, -0.05) is 6.08 Å². The first-order valence-corrected chi connectivity index (χ1v) is 7.93. The minimum Gasteiger partial charge on any atom is -0.352 e. The Hall–Kier alpha value is -2.10. The van der Waals surface area contributed by atoms with Gasteiger partial charge in [0.1, 0.15) is 0 Å². The van der Waals surface area contributed by atoms with Crippen LogP contribution in [-0.2, 0) is 0 Å². The summed E-state index contributed by atoms with van der Waals surface area (Å²) in [5, 5.41) is 11.8. The first-order valence-electron chi connectivity index (χ1n) is 7.93. The Labute approximate surface area is 138 Å². The lowest BCUT2D eigenvalue weighted by atomic mass is 9.80. The second-order valence-electron chi connectivity index (χ2n) is 6.63. The fourth-order valence-corrected chi connectivity index (χ4v) is 3.47. The van der Waals surface area contributed by atoms with Crippen molar-refractivity contribution in [3.05, 3.63) is 61.0 Å². The third-order valence-corrected chi connectivity index (χ3v) is 5.67. The highest BCUT2D eigenvalue weighted by atomic mass is 16.6. The van der Waals surface area contributed by atoms with E-state index in [0.29, 0.717) is 0 Å². The standard InChI is InChI=1S/C19H26N2O2/c1-10-9-17(15(6)16(7)20(10)8)18-13(4)11(2)12(3)14(5)19(18)21(22)23/h9,17H,1-8H3. The molecule has 23 heavy (non-hydrogen) atoms. The summed E-state index contributed by atoms with van der Waals surface area (Å²) in [4.78, 5) is 13.7. The van der Waals surface area contributed by atoms with Crippen LogP contribution in [0.5, 0.6) is 0 Å². The van der Waals surface area contributed by atoms with Gasteiger partial charge in [-0.3, -0.25) is 10.1 Å². The van der Waals surface area contributed by atoms with E-state index in [9.17, 15) is 10.1 Å². The molecule has 1 atom stereocenters. The second-order valence-corrected chi connectivity index (χ2v) is 6.63. The quantitative estimate of drug-likeness (QED) is 0.566. The molecule has 0 fully saturated rings. The van der Waals surface area contributed by atoms with E-state index in [2.05, 4.69) is 38.7 Å². The molecule has 1 unspecified atom stereocenters. The molecule has 0 saturated carbocycles. The van der Waals surface area contributed by atoms with Crippen molar-refractivity contribution in [3.8, 4) is 0 Å². The molecule has 0 spiro atoms. The van der Waals surface area contributed by atoms with Gasteiger partial charge in [-0.05, 0) is 70.7 Å². The summed E-state index contributed by atoms with van der Waals surface area (Å²) < 4.78 is 0. The lowest BCUT2D eigenvalue weighted by Gasteiger charge is -2.33. The Bertz CT molecular complexity index is 757. The van der Waals surface area contributed by atoms with Crippen molar-refractivity contribution in [3.63, 3.8) is 0 Å². The van der Waals surface area contributed by atoms with Gasteiger partial charge in [0.15, 0.2) is 0 Å². The highest BCUT2D eigenvalue weighted by Crippen LogP contribution is 2.43. The van der Waals surface area contributed by atoms with E-state index in [-0.39, 0.29) is 16.5 Å². The van der Waals surface area contributed by atoms with Crippen LogP contribution in [0.25, 0.3) is 0 Å². The van der Waals surface area contributed by atoms with Crippen molar-refractivity contribution in [1.29, 1.82) is 0 Å². The van der Waals surface area contributed by atoms with Gasteiger partial charge < -0.3 is 4.90 Å². The average Bonchev–Trinajstić information content (AvgIpc) is 2.50. The topological polar surface area (TPSA) is 46.4 Å². The molecule has 1 aliphatic heterocycles. The minimum atomic E-state index is -0.214. The van der Waals surface area contributed by atoms with Crippen molar-refractivity contribution in [2.75, 3.05) is 7.05 Å². The molecule has 124 valence electrons. The largest absolute Gasteiger partial charge is 0.352 e. The van der Waals surface area contributed by atoms with E-state index >= 15 is 0 Å². The molecule has 1 heterocycles. The first kappa shape index (κ1) is 17.3. The Morgan fingerprint density at radius 3 is 2.00 bits per heavy atom. The van der Waals surface area contributed by atoms with Crippen molar-refractivity contribution < 1.29 is 4.92 Å². The van der Waals surface area contributed by atoms with Gasteiger partial charge in [0.25, 0.3) is 5.69 Å². The zero-order chi connectivity index (χ0) is 17.6. The molecule has 0 amide bonds. The van der Waals surface area contributed by atoms with Crippen LogP contribution >= 0.6 is 0 Å². The van der Waals surface area contributed by atoms with Crippen LogP contribution in [0.2, 0.25) is 0 Å². The van der Waals surface area contributed by atoms with E-state index < -0.39 is 0 Å². The molecule has 2 rings (SSSR count). The Morgan fingerprint density at radius 1 is 0.957 bits per heavy atom. The molecule has 1 aromatic rings. The van der Waals surface area contributed by atoms with Crippen molar-refractivity contribution in [2.45, 2.75) is 54.4 Å². The summed E-state index contributed by atoms with van der Waals surface area (Å²) in [6.07, 6.45) is 2.14. The summed E-state index contributed by atoms with van der Waals surface area (Å²) in [5.74, 6) is -0.0374. The Morgan fingerprint density at radius 2 is 1.48 bits per heavy atom. The SMILES string of the molecule is CC1=CC(c2c(C)c(C)c(C)c(C)c2[N+](=O)[O-])C(C)=C(C)N1C. The fourth-order valence-electron chi connectivity index (χ4n) is 3.47. The van der Waals surface area contributed by atoms with E-state index in [0.717, 1.165) is 33.5 Å². The van der Waals surface area contributed by atoms with E-state index in [1.165, 1.54) is 11.3 Å². The molecular formula is C19H26N2O2. The van der Waals surface area contributed by atoms with Crippen LogP contribution in [0.3, 0.4) is 0 Å². The van der Waals surface area contributed by atoms with E-state index in [1.54, 1.807) is 0 Å².